The summed E-state index contributed by atoms with van der Waals surface area (Å²) in [5.41, 5.74) is 5.36. The fraction of sp³-hybridized carbons (Fsp3) is 0.105. The van der Waals surface area contributed by atoms with Crippen molar-refractivity contribution in [1.29, 1.82) is 0 Å². The van der Waals surface area contributed by atoms with Crippen LogP contribution in [0.15, 0.2) is 36.4 Å². The second-order valence-electron chi connectivity index (χ2n) is 5.82. The number of ether oxygens (including phenoxy) is 2. The highest BCUT2D eigenvalue weighted by Crippen LogP contribution is 2.37. The predicted molar refractivity (Wildman–Crippen MR) is 130 cm³/mol. The Morgan fingerprint density at radius 1 is 1.07 bits per heavy atom. The summed E-state index contributed by atoms with van der Waals surface area (Å²) in [7, 11) is 3.12. The van der Waals surface area contributed by atoms with Gasteiger partial charge in [-0.3, -0.25) is 25.8 Å². The zero-order valence-electron chi connectivity index (χ0n) is 15.7. The van der Waals surface area contributed by atoms with Gasteiger partial charge in [0.15, 0.2) is 5.11 Å². The van der Waals surface area contributed by atoms with E-state index in [-0.39, 0.29) is 5.11 Å². The zero-order chi connectivity index (χ0) is 21.8. The van der Waals surface area contributed by atoms with Crippen LogP contribution in [0.25, 0.3) is 10.1 Å². The summed E-state index contributed by atoms with van der Waals surface area (Å²) in [5, 5.41) is 3.51. The standard InChI is InChI=1S/C19H15ClIN3O4S2/c1-27-10-4-5-11-14(8-10)30-16(15(11)20)18(26)22-19(29)24-23-17(25)9-3-6-13(28-2)12(21)7-9/h3-8H,1-2H3,(H,23,25)(H2,22,24,26,29). The molecule has 3 N–H and O–H groups in total. The van der Waals surface area contributed by atoms with Gasteiger partial charge in [-0.2, -0.15) is 0 Å². The van der Waals surface area contributed by atoms with Crippen LogP contribution in [0.3, 0.4) is 0 Å². The molecule has 0 bridgehead atoms. The van der Waals surface area contributed by atoms with E-state index in [2.05, 4.69) is 38.8 Å². The molecule has 0 unspecified atom stereocenters. The Morgan fingerprint density at radius 3 is 2.50 bits per heavy atom. The minimum atomic E-state index is -0.481. The van der Waals surface area contributed by atoms with Crippen LogP contribution in [0.2, 0.25) is 5.02 Å². The molecule has 3 rings (SSSR count). The molecule has 0 aliphatic carbocycles. The molecule has 2 aromatic carbocycles. The maximum Gasteiger partial charge on any atom is 0.269 e. The lowest BCUT2D eigenvalue weighted by Crippen LogP contribution is -2.48. The number of halogens is 2. The van der Waals surface area contributed by atoms with E-state index in [9.17, 15) is 9.59 Å². The Kier molecular flexibility index (Phi) is 7.34. The van der Waals surface area contributed by atoms with Crippen LogP contribution in [0.4, 0.5) is 0 Å². The molecule has 1 heterocycles. The van der Waals surface area contributed by atoms with Crippen molar-refractivity contribution < 1.29 is 19.1 Å². The zero-order valence-corrected chi connectivity index (χ0v) is 20.2. The number of carbonyl (C=O) groups excluding carboxylic acids is 2. The molecule has 3 aromatic rings. The normalized spacial score (nSPS) is 10.4. The van der Waals surface area contributed by atoms with Crippen LogP contribution in [-0.4, -0.2) is 31.1 Å². The van der Waals surface area contributed by atoms with Gasteiger partial charge in [0.05, 0.1) is 22.8 Å². The van der Waals surface area contributed by atoms with E-state index < -0.39 is 11.8 Å². The molecule has 0 atom stereocenters. The number of hydrogen-bond acceptors (Lipinski definition) is 6. The number of amides is 2. The van der Waals surface area contributed by atoms with Crippen molar-refractivity contribution in [3.63, 3.8) is 0 Å². The monoisotopic (exact) mass is 575 g/mol. The largest absolute Gasteiger partial charge is 0.497 e. The summed E-state index contributed by atoms with van der Waals surface area (Å²) in [6, 6.07) is 10.3. The average Bonchev–Trinajstić information content (AvgIpc) is 3.07. The average molecular weight is 576 g/mol. The smallest absolute Gasteiger partial charge is 0.269 e. The maximum atomic E-state index is 12.6. The lowest BCUT2D eigenvalue weighted by molar-refractivity contribution is 0.0935. The maximum absolute atomic E-state index is 12.6. The van der Waals surface area contributed by atoms with Gasteiger partial charge in [0.1, 0.15) is 16.4 Å². The third kappa shape index (κ3) is 4.94. The van der Waals surface area contributed by atoms with E-state index >= 15 is 0 Å². The van der Waals surface area contributed by atoms with Crippen molar-refractivity contribution >= 4 is 84.8 Å². The van der Waals surface area contributed by atoms with Crippen molar-refractivity contribution in [1.82, 2.24) is 16.2 Å². The van der Waals surface area contributed by atoms with Crippen LogP contribution in [0.5, 0.6) is 11.5 Å². The van der Waals surface area contributed by atoms with E-state index in [0.717, 1.165) is 13.7 Å². The predicted octanol–water partition coefficient (Wildman–Crippen LogP) is 4.13. The van der Waals surface area contributed by atoms with Gasteiger partial charge in [-0.1, -0.05) is 11.6 Å². The highest BCUT2D eigenvalue weighted by molar-refractivity contribution is 14.1. The highest BCUT2D eigenvalue weighted by Gasteiger charge is 2.19. The minimum Gasteiger partial charge on any atom is -0.497 e. The number of carbonyl (C=O) groups is 2. The van der Waals surface area contributed by atoms with E-state index in [1.54, 1.807) is 50.6 Å². The van der Waals surface area contributed by atoms with Crippen LogP contribution < -0.4 is 25.6 Å². The molecule has 7 nitrogen and oxygen atoms in total. The first-order valence-electron chi connectivity index (χ1n) is 8.35. The fourth-order valence-corrected chi connectivity index (χ4v) is 4.82. The number of methoxy groups -OCH3 is 2. The Labute approximate surface area is 200 Å². The van der Waals surface area contributed by atoms with Crippen LogP contribution >= 0.6 is 57.7 Å². The van der Waals surface area contributed by atoms with Gasteiger partial charge in [-0.05, 0) is 71.2 Å². The summed E-state index contributed by atoms with van der Waals surface area (Å²) >= 11 is 14.7. The summed E-state index contributed by atoms with van der Waals surface area (Å²) in [5.74, 6) is 0.436. The van der Waals surface area contributed by atoms with E-state index in [0.29, 0.717) is 27.0 Å². The number of fused-ring (bicyclic) bond motifs is 1. The summed E-state index contributed by atoms with van der Waals surface area (Å²) in [6.45, 7) is 0. The van der Waals surface area contributed by atoms with Crippen LogP contribution in [-0.2, 0) is 0 Å². The van der Waals surface area contributed by atoms with Crippen molar-refractivity contribution in [2.45, 2.75) is 0 Å². The molecule has 0 fully saturated rings. The Balaban J connectivity index is 1.63. The molecule has 0 aliphatic heterocycles. The number of thiophene rings is 1. The van der Waals surface area contributed by atoms with Gasteiger partial charge in [0.2, 0.25) is 0 Å². The Morgan fingerprint density at radius 2 is 1.83 bits per heavy atom. The highest BCUT2D eigenvalue weighted by atomic mass is 127. The molecule has 0 saturated carbocycles. The van der Waals surface area contributed by atoms with Crippen LogP contribution in [0.1, 0.15) is 20.0 Å². The number of nitrogens with one attached hydrogen (secondary N) is 3. The van der Waals surface area contributed by atoms with Gasteiger partial charge < -0.3 is 9.47 Å². The first kappa shape index (κ1) is 22.5. The van der Waals surface area contributed by atoms with Gasteiger partial charge >= 0.3 is 0 Å². The van der Waals surface area contributed by atoms with Crippen molar-refractivity contribution in [3.8, 4) is 11.5 Å². The summed E-state index contributed by atoms with van der Waals surface area (Å²) < 4.78 is 12.0. The number of thiocarbonyl (C=S) groups is 1. The fourth-order valence-electron chi connectivity index (χ4n) is 2.50. The van der Waals surface area contributed by atoms with Gasteiger partial charge in [0.25, 0.3) is 11.8 Å². The van der Waals surface area contributed by atoms with Crippen LogP contribution in [0, 0.1) is 3.57 Å². The van der Waals surface area contributed by atoms with Gasteiger partial charge in [0, 0.05) is 15.6 Å². The van der Waals surface area contributed by atoms with Crippen molar-refractivity contribution in [2.24, 2.45) is 0 Å². The second kappa shape index (κ2) is 9.77. The molecule has 11 heteroatoms. The van der Waals surface area contributed by atoms with E-state index in [1.165, 1.54) is 11.3 Å². The second-order valence-corrected chi connectivity index (χ2v) is 8.82. The van der Waals surface area contributed by atoms with Crippen molar-refractivity contribution in [2.75, 3.05) is 14.2 Å². The molecule has 2 amide bonds. The molecule has 30 heavy (non-hydrogen) atoms. The van der Waals surface area contributed by atoms with E-state index in [1.807, 2.05) is 0 Å². The molecule has 1 aromatic heterocycles. The van der Waals surface area contributed by atoms with Gasteiger partial charge in [-0.15, -0.1) is 11.3 Å². The number of hydrazine groups is 1. The quantitative estimate of drug-likeness (QED) is 0.246. The van der Waals surface area contributed by atoms with Crippen molar-refractivity contribution in [3.05, 3.63) is 55.4 Å². The van der Waals surface area contributed by atoms with E-state index in [4.69, 9.17) is 33.3 Å². The first-order valence-corrected chi connectivity index (χ1v) is 11.0. The molecule has 0 aliphatic rings. The molecule has 0 radical (unpaired) electrons. The molecular formula is C19H15ClIN3O4S2. The third-order valence-electron chi connectivity index (χ3n) is 3.97. The first-order chi connectivity index (χ1) is 14.3. The lowest BCUT2D eigenvalue weighted by atomic mass is 10.2. The lowest BCUT2D eigenvalue weighted by Gasteiger charge is -2.11. The summed E-state index contributed by atoms with van der Waals surface area (Å²) in [4.78, 5) is 25.1. The molecule has 156 valence electrons. The topological polar surface area (TPSA) is 88.7 Å². The van der Waals surface area contributed by atoms with Gasteiger partial charge in [-0.25, -0.2) is 0 Å². The molecule has 0 spiro atoms. The molecular weight excluding hydrogens is 561 g/mol. The Bertz CT molecular complexity index is 1150. The Hall–Kier alpha value is -2.15. The summed E-state index contributed by atoms with van der Waals surface area (Å²) in [6.07, 6.45) is 0. The number of hydrogen-bond donors (Lipinski definition) is 3. The number of benzene rings is 2. The SMILES string of the molecule is COc1ccc2c(Cl)c(C(=O)NC(=S)NNC(=O)c3ccc(OC)c(I)c3)sc2c1. The minimum absolute atomic E-state index is 0.0670. The molecule has 0 saturated heterocycles. The number of rotatable bonds is 4. The third-order valence-corrected chi connectivity index (χ3v) is 6.68.